The molecule has 1 aromatic carbocycles. The summed E-state index contributed by atoms with van der Waals surface area (Å²) in [6, 6.07) is 6.73. The van der Waals surface area contributed by atoms with Gasteiger partial charge < -0.3 is 11.1 Å². The standard InChI is InChI=1S/C12H11BrFN3/c13-9-5-12(11(15)6-10(9)14)17-7-8-1-3-16-4-2-8/h1-6,17H,7,15H2. The zero-order valence-electron chi connectivity index (χ0n) is 8.95. The number of nitrogens with one attached hydrogen (secondary N) is 1. The highest BCUT2D eigenvalue weighted by atomic mass is 79.9. The number of halogens is 2. The van der Waals surface area contributed by atoms with Crippen molar-refractivity contribution in [1.82, 2.24) is 4.98 Å². The van der Waals surface area contributed by atoms with Crippen molar-refractivity contribution in [3.05, 3.63) is 52.5 Å². The second-order valence-electron chi connectivity index (χ2n) is 3.56. The van der Waals surface area contributed by atoms with Crippen molar-refractivity contribution < 1.29 is 4.39 Å². The van der Waals surface area contributed by atoms with Crippen LogP contribution in [-0.4, -0.2) is 4.98 Å². The molecule has 0 amide bonds. The molecule has 0 saturated carbocycles. The Hall–Kier alpha value is -1.62. The van der Waals surface area contributed by atoms with E-state index in [0.717, 1.165) is 5.56 Å². The maximum Gasteiger partial charge on any atom is 0.139 e. The molecule has 0 saturated heterocycles. The number of benzene rings is 1. The fourth-order valence-corrected chi connectivity index (χ4v) is 1.76. The molecule has 0 bridgehead atoms. The smallest absolute Gasteiger partial charge is 0.139 e. The molecule has 0 radical (unpaired) electrons. The summed E-state index contributed by atoms with van der Waals surface area (Å²) in [4.78, 5) is 3.93. The van der Waals surface area contributed by atoms with Crippen LogP contribution in [0.3, 0.4) is 0 Å². The zero-order chi connectivity index (χ0) is 12.3. The van der Waals surface area contributed by atoms with Crippen molar-refractivity contribution in [2.24, 2.45) is 0 Å². The van der Waals surface area contributed by atoms with E-state index >= 15 is 0 Å². The fraction of sp³-hybridized carbons (Fsp3) is 0.0833. The van der Waals surface area contributed by atoms with E-state index in [0.29, 0.717) is 22.4 Å². The number of nitrogens with two attached hydrogens (primary N) is 1. The third-order valence-corrected chi connectivity index (χ3v) is 2.93. The van der Waals surface area contributed by atoms with Crippen LogP contribution in [0.2, 0.25) is 0 Å². The first-order chi connectivity index (χ1) is 8.16. The molecule has 0 spiro atoms. The second kappa shape index (κ2) is 5.14. The highest BCUT2D eigenvalue weighted by molar-refractivity contribution is 9.10. The van der Waals surface area contributed by atoms with Gasteiger partial charge in [-0.2, -0.15) is 0 Å². The summed E-state index contributed by atoms with van der Waals surface area (Å²) in [6.45, 7) is 0.616. The van der Waals surface area contributed by atoms with Gasteiger partial charge in [-0.15, -0.1) is 0 Å². The van der Waals surface area contributed by atoms with E-state index in [1.165, 1.54) is 6.07 Å². The number of nitrogen functional groups attached to an aromatic ring is 1. The molecule has 17 heavy (non-hydrogen) atoms. The lowest BCUT2D eigenvalue weighted by Gasteiger charge is -2.10. The summed E-state index contributed by atoms with van der Waals surface area (Å²) >= 11 is 3.13. The van der Waals surface area contributed by atoms with Crippen molar-refractivity contribution in [1.29, 1.82) is 0 Å². The third kappa shape index (κ3) is 2.94. The third-order valence-electron chi connectivity index (χ3n) is 2.32. The van der Waals surface area contributed by atoms with Crippen molar-refractivity contribution in [3.8, 4) is 0 Å². The molecule has 5 heteroatoms. The van der Waals surface area contributed by atoms with Crippen molar-refractivity contribution in [3.63, 3.8) is 0 Å². The molecule has 3 nitrogen and oxygen atoms in total. The molecule has 1 heterocycles. The lowest BCUT2D eigenvalue weighted by molar-refractivity contribution is 0.622. The monoisotopic (exact) mass is 295 g/mol. The number of rotatable bonds is 3. The Morgan fingerprint density at radius 1 is 1.29 bits per heavy atom. The highest BCUT2D eigenvalue weighted by Gasteiger charge is 2.05. The average Bonchev–Trinajstić information content (AvgIpc) is 2.33. The van der Waals surface area contributed by atoms with Gasteiger partial charge in [-0.25, -0.2) is 4.39 Å². The number of hydrogen-bond acceptors (Lipinski definition) is 3. The predicted molar refractivity (Wildman–Crippen MR) is 70.1 cm³/mol. The molecular formula is C12H11BrFN3. The van der Waals surface area contributed by atoms with E-state index < -0.39 is 0 Å². The summed E-state index contributed by atoms with van der Waals surface area (Å²) in [6.07, 6.45) is 3.45. The maximum absolute atomic E-state index is 13.2. The lowest BCUT2D eigenvalue weighted by Crippen LogP contribution is -2.03. The Labute approximate surface area is 107 Å². The van der Waals surface area contributed by atoms with Crippen LogP contribution in [0.5, 0.6) is 0 Å². The van der Waals surface area contributed by atoms with Crippen LogP contribution in [0.25, 0.3) is 0 Å². The van der Waals surface area contributed by atoms with Crippen molar-refractivity contribution >= 4 is 27.3 Å². The van der Waals surface area contributed by atoms with E-state index in [4.69, 9.17) is 5.73 Å². The summed E-state index contributed by atoms with van der Waals surface area (Å²) in [5, 5.41) is 3.15. The minimum atomic E-state index is -0.364. The fourth-order valence-electron chi connectivity index (χ4n) is 1.41. The van der Waals surface area contributed by atoms with E-state index in [1.807, 2.05) is 12.1 Å². The normalized spacial score (nSPS) is 10.2. The Bertz CT molecular complexity index is 517. The SMILES string of the molecule is Nc1cc(F)c(Br)cc1NCc1ccncc1. The van der Waals surface area contributed by atoms with Crippen LogP contribution in [0.1, 0.15) is 5.56 Å². The Kier molecular flexibility index (Phi) is 3.58. The molecule has 2 rings (SSSR count). The Balaban J connectivity index is 2.12. The van der Waals surface area contributed by atoms with Gasteiger partial charge in [0.15, 0.2) is 0 Å². The molecule has 0 aliphatic rings. The first kappa shape index (κ1) is 11.9. The van der Waals surface area contributed by atoms with Crippen LogP contribution in [0.4, 0.5) is 15.8 Å². The molecule has 88 valence electrons. The van der Waals surface area contributed by atoms with Gasteiger partial charge in [0.25, 0.3) is 0 Å². The van der Waals surface area contributed by atoms with Gasteiger partial charge in [-0.1, -0.05) is 0 Å². The van der Waals surface area contributed by atoms with Gasteiger partial charge in [-0.3, -0.25) is 4.98 Å². The zero-order valence-corrected chi connectivity index (χ0v) is 10.5. The predicted octanol–water partition coefficient (Wildman–Crippen LogP) is 3.18. The first-order valence-corrected chi connectivity index (χ1v) is 5.83. The topological polar surface area (TPSA) is 50.9 Å². The van der Waals surface area contributed by atoms with Gasteiger partial charge in [0.1, 0.15) is 5.82 Å². The Morgan fingerprint density at radius 2 is 2.00 bits per heavy atom. The molecular weight excluding hydrogens is 285 g/mol. The van der Waals surface area contributed by atoms with E-state index in [-0.39, 0.29) is 5.82 Å². The summed E-state index contributed by atoms with van der Waals surface area (Å²) in [5.41, 5.74) is 7.89. The Morgan fingerprint density at radius 3 is 2.71 bits per heavy atom. The van der Waals surface area contributed by atoms with Crippen molar-refractivity contribution in [2.45, 2.75) is 6.54 Å². The van der Waals surface area contributed by atoms with Gasteiger partial charge in [-0.05, 0) is 39.7 Å². The van der Waals surface area contributed by atoms with E-state index in [2.05, 4.69) is 26.2 Å². The number of aromatic nitrogens is 1. The average molecular weight is 296 g/mol. The van der Waals surface area contributed by atoms with Crippen LogP contribution >= 0.6 is 15.9 Å². The molecule has 0 aliphatic heterocycles. The number of hydrogen-bond donors (Lipinski definition) is 2. The minimum Gasteiger partial charge on any atom is -0.397 e. The summed E-state index contributed by atoms with van der Waals surface area (Å²) < 4.78 is 13.6. The van der Waals surface area contributed by atoms with Gasteiger partial charge in [0.05, 0.1) is 15.8 Å². The van der Waals surface area contributed by atoms with Crippen LogP contribution in [-0.2, 0) is 6.54 Å². The van der Waals surface area contributed by atoms with Crippen LogP contribution < -0.4 is 11.1 Å². The number of nitrogens with zero attached hydrogens (tertiary/aromatic N) is 1. The van der Waals surface area contributed by atoms with Crippen LogP contribution in [0, 0.1) is 5.82 Å². The molecule has 0 unspecified atom stereocenters. The molecule has 2 aromatic rings. The minimum absolute atomic E-state index is 0.364. The largest absolute Gasteiger partial charge is 0.397 e. The molecule has 3 N–H and O–H groups in total. The number of pyridine rings is 1. The molecule has 0 aliphatic carbocycles. The second-order valence-corrected chi connectivity index (χ2v) is 4.42. The van der Waals surface area contributed by atoms with Gasteiger partial charge >= 0.3 is 0 Å². The summed E-state index contributed by atoms with van der Waals surface area (Å²) in [5.74, 6) is -0.364. The summed E-state index contributed by atoms with van der Waals surface area (Å²) in [7, 11) is 0. The van der Waals surface area contributed by atoms with Crippen LogP contribution in [0.15, 0.2) is 41.1 Å². The highest BCUT2D eigenvalue weighted by Crippen LogP contribution is 2.26. The first-order valence-electron chi connectivity index (χ1n) is 5.04. The maximum atomic E-state index is 13.2. The molecule has 1 aromatic heterocycles. The van der Waals surface area contributed by atoms with Gasteiger partial charge in [0.2, 0.25) is 0 Å². The number of anilines is 2. The quantitative estimate of drug-likeness (QED) is 0.855. The molecule has 0 atom stereocenters. The van der Waals surface area contributed by atoms with Crippen molar-refractivity contribution in [2.75, 3.05) is 11.1 Å². The molecule has 0 fully saturated rings. The van der Waals surface area contributed by atoms with E-state index in [9.17, 15) is 4.39 Å². The van der Waals surface area contributed by atoms with E-state index in [1.54, 1.807) is 18.5 Å². The van der Waals surface area contributed by atoms with Gasteiger partial charge in [0, 0.05) is 25.0 Å². The lowest BCUT2D eigenvalue weighted by atomic mass is 10.2.